The fourth-order valence-electron chi connectivity index (χ4n) is 4.30. The van der Waals surface area contributed by atoms with E-state index in [1.54, 1.807) is 0 Å². The first-order valence-electron chi connectivity index (χ1n) is 11.1. The molecule has 0 atom stereocenters. The maximum Gasteiger partial charge on any atom is 0.426 e. The molecule has 2 aromatic rings. The van der Waals surface area contributed by atoms with Crippen LogP contribution in [-0.2, 0) is 28.7 Å². The van der Waals surface area contributed by atoms with Crippen LogP contribution >= 0.6 is 0 Å². The van der Waals surface area contributed by atoms with Crippen molar-refractivity contribution in [3.8, 4) is 0 Å². The van der Waals surface area contributed by atoms with Crippen LogP contribution in [0.1, 0.15) is 29.5 Å². The van der Waals surface area contributed by atoms with E-state index in [1.165, 1.54) is 28.2 Å². The fourth-order valence-corrected chi connectivity index (χ4v) is 4.30. The maximum atomic E-state index is 13.3. The van der Waals surface area contributed by atoms with Gasteiger partial charge in [0.15, 0.2) is 0 Å². The first-order valence-corrected chi connectivity index (χ1v) is 11.1. The molecule has 7 nitrogen and oxygen atoms in total. The van der Waals surface area contributed by atoms with E-state index in [0.29, 0.717) is 38.9 Å². The Labute approximate surface area is 195 Å². The highest BCUT2D eigenvalue weighted by molar-refractivity contribution is 5.71. The maximum absolute atomic E-state index is 13.3. The molecule has 2 amide bonds. The van der Waals surface area contributed by atoms with Gasteiger partial charge in [-0.15, -0.1) is 5.06 Å². The number of nitrogens with one attached hydrogen (secondary N) is 1. The van der Waals surface area contributed by atoms with Crippen molar-refractivity contribution in [2.45, 2.75) is 37.6 Å². The molecule has 2 fully saturated rings. The molecule has 0 unspecified atom stereocenters. The van der Waals surface area contributed by atoms with Crippen LogP contribution in [0.25, 0.3) is 0 Å². The van der Waals surface area contributed by atoms with Gasteiger partial charge in [0, 0.05) is 39.0 Å². The van der Waals surface area contributed by atoms with E-state index in [4.69, 9.17) is 9.57 Å². The van der Waals surface area contributed by atoms with Gasteiger partial charge in [-0.25, -0.2) is 9.59 Å². The van der Waals surface area contributed by atoms with Crippen LogP contribution in [0.15, 0.2) is 54.6 Å². The number of carbonyl (C=O) groups is 2. The number of benzene rings is 2. The Morgan fingerprint density at radius 3 is 2.44 bits per heavy atom. The lowest BCUT2D eigenvalue weighted by atomic mass is 9.92. The largest absolute Gasteiger partial charge is 0.441 e. The SMILES string of the molecule is O=C(NCCc1ccccc1)ON1CCC2(CC1)CN(Cc1ccccc1C(F)(F)F)C(=O)O2. The topological polar surface area (TPSA) is 71.1 Å². The molecule has 10 heteroatoms. The third-order valence-corrected chi connectivity index (χ3v) is 6.10. The number of hydroxylamine groups is 2. The number of piperidine rings is 1. The smallest absolute Gasteiger partial charge is 0.426 e. The predicted molar refractivity (Wildman–Crippen MR) is 117 cm³/mol. The first-order chi connectivity index (χ1) is 16.2. The quantitative estimate of drug-likeness (QED) is 0.669. The van der Waals surface area contributed by atoms with E-state index in [2.05, 4.69) is 5.32 Å². The summed E-state index contributed by atoms with van der Waals surface area (Å²) in [5, 5.41) is 4.22. The van der Waals surface area contributed by atoms with Gasteiger partial charge < -0.3 is 14.9 Å². The van der Waals surface area contributed by atoms with Gasteiger partial charge in [0.1, 0.15) is 5.60 Å². The molecule has 2 aliphatic heterocycles. The van der Waals surface area contributed by atoms with Crippen molar-refractivity contribution in [3.63, 3.8) is 0 Å². The summed E-state index contributed by atoms with van der Waals surface area (Å²) < 4.78 is 45.5. The monoisotopic (exact) mass is 477 g/mol. The third kappa shape index (κ3) is 5.80. The molecule has 2 aromatic carbocycles. The van der Waals surface area contributed by atoms with Crippen LogP contribution in [0.5, 0.6) is 0 Å². The van der Waals surface area contributed by atoms with Crippen molar-refractivity contribution in [2.75, 3.05) is 26.2 Å². The summed E-state index contributed by atoms with van der Waals surface area (Å²) in [6.45, 7) is 1.15. The highest BCUT2D eigenvalue weighted by Gasteiger charge is 2.48. The second-order valence-corrected chi connectivity index (χ2v) is 8.53. The van der Waals surface area contributed by atoms with Crippen molar-refractivity contribution in [3.05, 3.63) is 71.3 Å². The minimum absolute atomic E-state index is 0.0249. The molecule has 4 rings (SSSR count). The van der Waals surface area contributed by atoms with Crippen molar-refractivity contribution < 1.29 is 32.3 Å². The van der Waals surface area contributed by atoms with Gasteiger partial charge in [0.25, 0.3) is 0 Å². The fraction of sp³-hybridized carbons (Fsp3) is 0.417. The van der Waals surface area contributed by atoms with Crippen molar-refractivity contribution in [1.82, 2.24) is 15.3 Å². The van der Waals surface area contributed by atoms with Gasteiger partial charge in [-0.1, -0.05) is 48.5 Å². The Morgan fingerprint density at radius 1 is 1.06 bits per heavy atom. The molecule has 2 aliphatic rings. The average molecular weight is 477 g/mol. The van der Waals surface area contributed by atoms with E-state index in [9.17, 15) is 22.8 Å². The standard InChI is InChI=1S/C24H26F3N3O4/c25-24(26,27)20-9-5-4-8-19(20)16-29-17-23(33-22(29)32)11-14-30(15-12-23)34-21(31)28-13-10-18-6-2-1-3-7-18/h1-9H,10-17H2,(H,28,31). The second kappa shape index (κ2) is 9.92. The Kier molecular flexibility index (Phi) is 6.97. The van der Waals surface area contributed by atoms with Crippen molar-refractivity contribution in [2.24, 2.45) is 0 Å². The Morgan fingerprint density at radius 2 is 1.74 bits per heavy atom. The van der Waals surface area contributed by atoms with Crippen LogP contribution in [0, 0.1) is 0 Å². The van der Waals surface area contributed by atoms with Crippen LogP contribution in [0.4, 0.5) is 22.8 Å². The summed E-state index contributed by atoms with van der Waals surface area (Å²) >= 11 is 0. The molecule has 0 bridgehead atoms. The molecule has 34 heavy (non-hydrogen) atoms. The molecule has 0 saturated carbocycles. The highest BCUT2D eigenvalue weighted by Crippen LogP contribution is 2.36. The van der Waals surface area contributed by atoms with E-state index in [0.717, 1.165) is 11.6 Å². The number of hydrogen-bond donors (Lipinski definition) is 1. The predicted octanol–water partition coefficient (Wildman–Crippen LogP) is 4.38. The second-order valence-electron chi connectivity index (χ2n) is 8.53. The summed E-state index contributed by atoms with van der Waals surface area (Å²) in [5.74, 6) is 0. The lowest BCUT2D eigenvalue weighted by Gasteiger charge is -2.36. The van der Waals surface area contributed by atoms with Gasteiger partial charge in [0.2, 0.25) is 0 Å². The van der Waals surface area contributed by atoms with Gasteiger partial charge in [-0.3, -0.25) is 4.90 Å². The molecule has 0 radical (unpaired) electrons. The van der Waals surface area contributed by atoms with E-state index in [1.807, 2.05) is 30.3 Å². The molecule has 1 N–H and O–H groups in total. The summed E-state index contributed by atoms with van der Waals surface area (Å²) in [5.41, 5.74) is -0.427. The van der Waals surface area contributed by atoms with Gasteiger partial charge >= 0.3 is 18.4 Å². The summed E-state index contributed by atoms with van der Waals surface area (Å²) in [6.07, 6.45) is -4.18. The van der Waals surface area contributed by atoms with Gasteiger partial charge in [0.05, 0.1) is 12.1 Å². The van der Waals surface area contributed by atoms with Crippen LogP contribution in [-0.4, -0.2) is 53.9 Å². The van der Waals surface area contributed by atoms with E-state index < -0.39 is 29.5 Å². The van der Waals surface area contributed by atoms with Crippen molar-refractivity contribution >= 4 is 12.2 Å². The number of alkyl halides is 3. The number of nitrogens with zero attached hydrogens (tertiary/aromatic N) is 2. The highest BCUT2D eigenvalue weighted by atomic mass is 19.4. The van der Waals surface area contributed by atoms with Gasteiger partial charge in [-0.05, 0) is 23.6 Å². The number of amides is 2. The van der Waals surface area contributed by atoms with Gasteiger partial charge in [-0.2, -0.15) is 13.2 Å². The molecule has 2 saturated heterocycles. The zero-order chi connectivity index (χ0) is 24.2. The van der Waals surface area contributed by atoms with Crippen molar-refractivity contribution in [1.29, 1.82) is 0 Å². The number of hydrogen-bond acceptors (Lipinski definition) is 5. The lowest BCUT2D eigenvalue weighted by Crippen LogP contribution is -2.48. The number of ether oxygens (including phenoxy) is 1. The van der Waals surface area contributed by atoms with Crippen LogP contribution in [0.2, 0.25) is 0 Å². The molecule has 2 heterocycles. The molecule has 182 valence electrons. The number of carbonyl (C=O) groups excluding carboxylic acids is 2. The normalized spacial score (nSPS) is 18.1. The minimum atomic E-state index is -4.50. The molecular weight excluding hydrogens is 451 g/mol. The summed E-state index contributed by atoms with van der Waals surface area (Å²) in [7, 11) is 0. The van der Waals surface area contributed by atoms with E-state index in [-0.39, 0.29) is 18.7 Å². The molecular formula is C24H26F3N3O4. The average Bonchev–Trinajstić information content (AvgIpc) is 3.10. The molecule has 0 aromatic heterocycles. The Balaban J connectivity index is 1.25. The summed E-state index contributed by atoms with van der Waals surface area (Å²) in [6, 6.07) is 15.0. The molecule has 0 aliphatic carbocycles. The summed E-state index contributed by atoms with van der Waals surface area (Å²) in [4.78, 5) is 31.1. The number of halogens is 3. The molecule has 1 spiro atoms. The van der Waals surface area contributed by atoms with Crippen LogP contribution < -0.4 is 5.32 Å². The minimum Gasteiger partial charge on any atom is -0.441 e. The zero-order valence-corrected chi connectivity index (χ0v) is 18.5. The van der Waals surface area contributed by atoms with Crippen LogP contribution in [0.3, 0.4) is 0 Å². The third-order valence-electron chi connectivity index (χ3n) is 6.10. The Bertz CT molecular complexity index is 1010. The lowest BCUT2D eigenvalue weighted by molar-refractivity contribution is -0.142. The first kappa shape index (κ1) is 23.9. The zero-order valence-electron chi connectivity index (χ0n) is 18.5. The number of rotatable bonds is 6. The van der Waals surface area contributed by atoms with E-state index >= 15 is 0 Å². The Hall–Kier alpha value is -3.27.